The van der Waals surface area contributed by atoms with Gasteiger partial charge in [-0.15, -0.1) is 11.3 Å². The number of carbonyl (C=O) groups excluding carboxylic acids is 1. The van der Waals surface area contributed by atoms with Gasteiger partial charge in [0.2, 0.25) is 5.91 Å². The van der Waals surface area contributed by atoms with E-state index < -0.39 is 0 Å². The highest BCUT2D eigenvalue weighted by Crippen LogP contribution is 2.31. The van der Waals surface area contributed by atoms with Gasteiger partial charge in [0.05, 0.1) is 17.2 Å². The summed E-state index contributed by atoms with van der Waals surface area (Å²) < 4.78 is 0. The molecular weight excluding hydrogens is 272 g/mol. The van der Waals surface area contributed by atoms with Crippen LogP contribution in [0.2, 0.25) is 0 Å². The normalized spacial score (nSPS) is 23.5. The van der Waals surface area contributed by atoms with E-state index in [9.17, 15) is 4.79 Å². The van der Waals surface area contributed by atoms with Crippen LogP contribution in [0, 0.1) is 6.92 Å². The minimum atomic E-state index is -0.283. The van der Waals surface area contributed by atoms with Gasteiger partial charge in [0.1, 0.15) is 5.54 Å². The van der Waals surface area contributed by atoms with E-state index in [2.05, 4.69) is 27.6 Å². The predicted octanol–water partition coefficient (Wildman–Crippen LogP) is 0.848. The van der Waals surface area contributed by atoms with Crippen molar-refractivity contribution in [2.75, 3.05) is 33.2 Å². The average Bonchev–Trinajstić information content (AvgIpc) is 2.87. The Morgan fingerprint density at radius 1 is 1.40 bits per heavy atom. The van der Waals surface area contributed by atoms with Crippen LogP contribution in [0.1, 0.15) is 23.5 Å². The number of thiazole rings is 1. The molecule has 0 saturated carbocycles. The van der Waals surface area contributed by atoms with E-state index in [1.807, 2.05) is 11.8 Å². The molecular formula is C14H22N4OS. The lowest BCUT2D eigenvalue weighted by Crippen LogP contribution is -2.67. The van der Waals surface area contributed by atoms with Crippen LogP contribution in [0.5, 0.6) is 0 Å². The molecule has 1 N–H and O–H groups in total. The summed E-state index contributed by atoms with van der Waals surface area (Å²) in [6, 6.07) is 0. The van der Waals surface area contributed by atoms with Gasteiger partial charge < -0.3 is 10.2 Å². The van der Waals surface area contributed by atoms with E-state index in [0.717, 1.165) is 49.7 Å². The van der Waals surface area contributed by atoms with Crippen molar-refractivity contribution in [3.05, 3.63) is 16.1 Å². The average molecular weight is 294 g/mol. The summed E-state index contributed by atoms with van der Waals surface area (Å²) in [4.78, 5) is 21.7. The van der Waals surface area contributed by atoms with Gasteiger partial charge in [-0.1, -0.05) is 0 Å². The van der Waals surface area contributed by atoms with Gasteiger partial charge in [0.15, 0.2) is 0 Å². The zero-order chi connectivity index (χ0) is 14.2. The van der Waals surface area contributed by atoms with Gasteiger partial charge in [-0.3, -0.25) is 9.69 Å². The molecule has 2 aliphatic heterocycles. The van der Waals surface area contributed by atoms with Crippen LogP contribution in [-0.4, -0.2) is 59.5 Å². The molecule has 3 rings (SSSR count). The predicted molar refractivity (Wildman–Crippen MR) is 79.7 cm³/mol. The first-order valence-corrected chi connectivity index (χ1v) is 8.12. The molecule has 2 fully saturated rings. The van der Waals surface area contributed by atoms with Gasteiger partial charge in [0.25, 0.3) is 0 Å². The Kier molecular flexibility index (Phi) is 3.79. The maximum atomic E-state index is 13.0. The first kappa shape index (κ1) is 14.0. The number of hydrogen-bond donors (Lipinski definition) is 1. The van der Waals surface area contributed by atoms with Crippen LogP contribution < -0.4 is 5.32 Å². The van der Waals surface area contributed by atoms with Crippen LogP contribution in [0.3, 0.4) is 0 Å². The van der Waals surface area contributed by atoms with Crippen LogP contribution in [-0.2, 0) is 11.3 Å². The number of nitrogens with zero attached hydrogens (tertiary/aromatic N) is 3. The number of carbonyl (C=O) groups is 1. The Balaban J connectivity index is 1.78. The monoisotopic (exact) mass is 294 g/mol. The molecule has 2 saturated heterocycles. The number of piperazine rings is 1. The third-order valence-corrected chi connectivity index (χ3v) is 5.39. The first-order valence-electron chi connectivity index (χ1n) is 7.24. The van der Waals surface area contributed by atoms with E-state index in [1.54, 1.807) is 11.3 Å². The summed E-state index contributed by atoms with van der Waals surface area (Å²) in [7, 11) is 2.09. The smallest absolute Gasteiger partial charge is 0.243 e. The third kappa shape index (κ3) is 2.36. The number of aryl methyl sites for hydroxylation is 1. The van der Waals surface area contributed by atoms with E-state index in [4.69, 9.17) is 0 Å². The second-order valence-corrected chi connectivity index (χ2v) is 6.85. The minimum absolute atomic E-state index is 0.283. The zero-order valence-corrected chi connectivity index (χ0v) is 13.0. The van der Waals surface area contributed by atoms with E-state index in [1.165, 1.54) is 0 Å². The molecule has 1 spiro atoms. The highest BCUT2D eigenvalue weighted by atomic mass is 32.1. The maximum Gasteiger partial charge on any atom is 0.243 e. The second kappa shape index (κ2) is 5.42. The Bertz CT molecular complexity index is 495. The van der Waals surface area contributed by atoms with Crippen LogP contribution in [0.25, 0.3) is 0 Å². The zero-order valence-electron chi connectivity index (χ0n) is 12.2. The molecule has 0 atom stereocenters. The molecule has 0 bridgehead atoms. The van der Waals surface area contributed by atoms with Gasteiger partial charge in [-0.05, 0) is 39.9 Å². The summed E-state index contributed by atoms with van der Waals surface area (Å²) in [5.74, 6) is 0.290. The molecule has 1 amide bonds. The minimum Gasteiger partial charge on any atom is -0.334 e. The van der Waals surface area contributed by atoms with Gasteiger partial charge in [0, 0.05) is 18.5 Å². The molecule has 6 heteroatoms. The van der Waals surface area contributed by atoms with Crippen molar-refractivity contribution in [3.63, 3.8) is 0 Å². The number of amides is 1. The van der Waals surface area contributed by atoms with Crippen LogP contribution >= 0.6 is 11.3 Å². The highest BCUT2D eigenvalue weighted by molar-refractivity contribution is 7.09. The maximum absolute atomic E-state index is 13.0. The lowest BCUT2D eigenvalue weighted by atomic mass is 9.83. The standard InChI is InChI=1S/C14H22N4OS/c1-11-16-12(10-20-11)9-18-8-7-17(2)14(13(18)19)3-5-15-6-4-14/h10,15H,3-9H2,1-2H3. The largest absolute Gasteiger partial charge is 0.334 e. The molecule has 1 aromatic heterocycles. The van der Waals surface area contributed by atoms with Crippen LogP contribution in [0.15, 0.2) is 5.38 Å². The van der Waals surface area contributed by atoms with E-state index >= 15 is 0 Å². The Morgan fingerprint density at radius 2 is 2.15 bits per heavy atom. The fourth-order valence-corrected chi connectivity index (χ4v) is 3.91. The number of hydrogen-bond acceptors (Lipinski definition) is 5. The fourth-order valence-electron chi connectivity index (χ4n) is 3.31. The number of likely N-dealkylation sites (N-methyl/N-ethyl adjacent to an activating group) is 1. The highest BCUT2D eigenvalue weighted by Gasteiger charge is 2.47. The number of rotatable bonds is 2. The Labute approximate surface area is 124 Å². The van der Waals surface area contributed by atoms with Crippen molar-refractivity contribution in [2.24, 2.45) is 0 Å². The van der Waals surface area contributed by atoms with Crippen molar-refractivity contribution in [2.45, 2.75) is 31.8 Å². The van der Waals surface area contributed by atoms with Crippen molar-refractivity contribution < 1.29 is 4.79 Å². The van der Waals surface area contributed by atoms with E-state index in [0.29, 0.717) is 12.5 Å². The molecule has 2 aliphatic rings. The van der Waals surface area contributed by atoms with E-state index in [-0.39, 0.29) is 5.54 Å². The van der Waals surface area contributed by atoms with Crippen molar-refractivity contribution >= 4 is 17.2 Å². The van der Waals surface area contributed by atoms with Crippen LogP contribution in [0.4, 0.5) is 0 Å². The summed E-state index contributed by atoms with van der Waals surface area (Å²) in [6.07, 6.45) is 1.82. The topological polar surface area (TPSA) is 48.5 Å². The summed E-state index contributed by atoms with van der Waals surface area (Å²) in [5, 5.41) is 6.49. The second-order valence-electron chi connectivity index (χ2n) is 5.79. The molecule has 20 heavy (non-hydrogen) atoms. The lowest BCUT2D eigenvalue weighted by molar-refractivity contribution is -0.153. The molecule has 110 valence electrons. The van der Waals surface area contributed by atoms with Crippen molar-refractivity contribution in [1.29, 1.82) is 0 Å². The number of nitrogens with one attached hydrogen (secondary N) is 1. The Hall–Kier alpha value is -0.980. The first-order chi connectivity index (χ1) is 9.62. The summed E-state index contributed by atoms with van der Waals surface area (Å²) in [6.45, 7) is 6.29. The van der Waals surface area contributed by atoms with Crippen molar-refractivity contribution in [1.82, 2.24) is 20.1 Å². The lowest BCUT2D eigenvalue weighted by Gasteiger charge is -2.50. The van der Waals surface area contributed by atoms with Gasteiger partial charge in [-0.2, -0.15) is 0 Å². The fraction of sp³-hybridized carbons (Fsp3) is 0.714. The SMILES string of the molecule is Cc1nc(CN2CCN(C)C3(CCNCC3)C2=O)cs1. The number of aromatic nitrogens is 1. The molecule has 5 nitrogen and oxygen atoms in total. The molecule has 3 heterocycles. The molecule has 0 aromatic carbocycles. The quantitative estimate of drug-likeness (QED) is 0.878. The number of piperidine rings is 1. The summed E-state index contributed by atoms with van der Waals surface area (Å²) in [5.41, 5.74) is 0.740. The molecule has 0 radical (unpaired) electrons. The van der Waals surface area contributed by atoms with Gasteiger partial charge in [-0.25, -0.2) is 4.98 Å². The van der Waals surface area contributed by atoms with Gasteiger partial charge >= 0.3 is 0 Å². The molecule has 1 aromatic rings. The van der Waals surface area contributed by atoms with Crippen molar-refractivity contribution in [3.8, 4) is 0 Å². The Morgan fingerprint density at radius 3 is 2.80 bits per heavy atom. The summed E-state index contributed by atoms with van der Waals surface area (Å²) >= 11 is 1.65. The molecule has 0 aliphatic carbocycles. The third-order valence-electron chi connectivity index (χ3n) is 4.57. The molecule has 0 unspecified atom stereocenters.